The SMILES string of the molecule is Cc1cccc(C)c1-c1cc(OC(CNC(=O)OC(C)(C)C)c2ccc(Br)cc2)nc(NS(=O)(=O)c2cccc(C(=O)O)c2)n1. The van der Waals surface area contributed by atoms with Crippen LogP contribution in [0.2, 0.25) is 0 Å². The molecule has 0 bridgehead atoms. The highest BCUT2D eigenvalue weighted by Gasteiger charge is 2.23. The van der Waals surface area contributed by atoms with Gasteiger partial charge < -0.3 is 19.9 Å². The van der Waals surface area contributed by atoms with E-state index in [0.717, 1.165) is 27.2 Å². The van der Waals surface area contributed by atoms with Crippen molar-refractivity contribution in [2.75, 3.05) is 11.3 Å². The molecule has 0 aliphatic heterocycles. The van der Waals surface area contributed by atoms with Crippen molar-refractivity contribution in [3.8, 4) is 17.1 Å². The molecule has 236 valence electrons. The Labute approximate surface area is 270 Å². The van der Waals surface area contributed by atoms with Crippen molar-refractivity contribution in [1.82, 2.24) is 15.3 Å². The quantitative estimate of drug-likeness (QED) is 0.165. The summed E-state index contributed by atoms with van der Waals surface area (Å²) in [6.07, 6.45) is -1.40. The standard InChI is InChI=1S/C32H33BrN4O7S/c1-19-8-6-9-20(2)28(19)25-17-27(36-30(35-25)37-45(41,42)24-11-7-10-22(16-24)29(38)39)43-26(21-12-14-23(33)15-13-21)18-34-31(40)44-32(3,4)5/h6-17,26H,18H2,1-5H3,(H,34,40)(H,38,39)(H,35,36,37). The van der Waals surface area contributed by atoms with E-state index in [9.17, 15) is 23.1 Å². The predicted molar refractivity (Wildman–Crippen MR) is 173 cm³/mol. The number of carboxylic acid groups (broad SMARTS) is 1. The second-order valence-corrected chi connectivity index (χ2v) is 13.8. The number of carbonyl (C=O) groups excluding carboxylic acids is 1. The number of sulfonamides is 1. The third-order valence-corrected chi connectivity index (χ3v) is 8.25. The molecule has 13 heteroatoms. The Kier molecular flexibility index (Phi) is 10.1. The van der Waals surface area contributed by atoms with E-state index in [1.807, 2.05) is 56.3 Å². The number of benzene rings is 3. The molecular formula is C32H33BrN4O7S. The lowest BCUT2D eigenvalue weighted by atomic mass is 10.00. The van der Waals surface area contributed by atoms with Crippen LogP contribution in [0.25, 0.3) is 11.3 Å². The van der Waals surface area contributed by atoms with E-state index in [1.54, 1.807) is 26.8 Å². The van der Waals surface area contributed by atoms with E-state index < -0.39 is 33.8 Å². The second-order valence-electron chi connectivity index (χ2n) is 11.2. The molecule has 0 fully saturated rings. The van der Waals surface area contributed by atoms with Gasteiger partial charge in [-0.3, -0.25) is 0 Å². The molecule has 0 radical (unpaired) electrons. The summed E-state index contributed by atoms with van der Waals surface area (Å²) in [6.45, 7) is 9.08. The first kappa shape index (κ1) is 33.4. The average Bonchev–Trinajstić information content (AvgIpc) is 2.94. The summed E-state index contributed by atoms with van der Waals surface area (Å²) in [5.41, 5.74) is 2.72. The largest absolute Gasteiger partial charge is 0.478 e. The lowest BCUT2D eigenvalue weighted by Gasteiger charge is -2.23. The lowest BCUT2D eigenvalue weighted by Crippen LogP contribution is -2.36. The number of carboxylic acids is 1. The minimum absolute atomic E-state index is 0.00230. The number of aromatic carboxylic acids is 1. The minimum atomic E-state index is -4.30. The maximum atomic E-state index is 13.3. The van der Waals surface area contributed by atoms with Crippen LogP contribution < -0.4 is 14.8 Å². The average molecular weight is 698 g/mol. The van der Waals surface area contributed by atoms with Crippen LogP contribution >= 0.6 is 15.9 Å². The van der Waals surface area contributed by atoms with E-state index in [1.165, 1.54) is 18.2 Å². The van der Waals surface area contributed by atoms with Gasteiger partial charge in [-0.15, -0.1) is 0 Å². The fraction of sp³-hybridized carbons (Fsp3) is 0.250. The highest BCUT2D eigenvalue weighted by atomic mass is 79.9. The van der Waals surface area contributed by atoms with Gasteiger partial charge in [0.15, 0.2) is 0 Å². The summed E-state index contributed by atoms with van der Waals surface area (Å²) < 4.78 is 41.6. The van der Waals surface area contributed by atoms with E-state index >= 15 is 0 Å². The van der Waals surface area contributed by atoms with Crippen molar-refractivity contribution in [2.45, 2.75) is 51.2 Å². The molecule has 3 aromatic carbocycles. The van der Waals surface area contributed by atoms with Gasteiger partial charge in [-0.2, -0.15) is 4.98 Å². The number of aryl methyl sites for hydroxylation is 2. The Bertz CT molecular complexity index is 1800. The number of aromatic nitrogens is 2. The van der Waals surface area contributed by atoms with Crippen molar-refractivity contribution in [3.63, 3.8) is 0 Å². The molecule has 1 unspecified atom stereocenters. The Balaban J connectivity index is 1.76. The number of nitrogens with zero attached hydrogens (tertiary/aromatic N) is 2. The van der Waals surface area contributed by atoms with Gasteiger partial charge >= 0.3 is 12.1 Å². The molecule has 1 atom stereocenters. The van der Waals surface area contributed by atoms with Gasteiger partial charge in [0, 0.05) is 16.1 Å². The molecule has 45 heavy (non-hydrogen) atoms. The van der Waals surface area contributed by atoms with Gasteiger partial charge in [0.05, 0.1) is 22.7 Å². The summed E-state index contributed by atoms with van der Waals surface area (Å²) in [5.74, 6) is -1.53. The van der Waals surface area contributed by atoms with Crippen LogP contribution in [0.5, 0.6) is 5.88 Å². The van der Waals surface area contributed by atoms with Gasteiger partial charge in [0.2, 0.25) is 11.8 Å². The zero-order chi connectivity index (χ0) is 32.9. The van der Waals surface area contributed by atoms with Crippen molar-refractivity contribution < 1.29 is 32.6 Å². The first-order chi connectivity index (χ1) is 21.1. The number of carbonyl (C=O) groups is 2. The highest BCUT2D eigenvalue weighted by Crippen LogP contribution is 2.31. The van der Waals surface area contributed by atoms with Crippen LogP contribution in [0.15, 0.2) is 82.2 Å². The normalized spacial score (nSPS) is 12.2. The molecule has 0 saturated heterocycles. The van der Waals surface area contributed by atoms with Crippen molar-refractivity contribution in [1.29, 1.82) is 0 Å². The third-order valence-electron chi connectivity index (χ3n) is 6.39. The van der Waals surface area contributed by atoms with Crippen molar-refractivity contribution in [3.05, 3.63) is 99.5 Å². The van der Waals surface area contributed by atoms with Gasteiger partial charge in [0.25, 0.3) is 10.0 Å². The van der Waals surface area contributed by atoms with Gasteiger partial charge in [-0.25, -0.2) is 27.7 Å². The van der Waals surface area contributed by atoms with Crippen LogP contribution in [-0.4, -0.2) is 47.7 Å². The molecule has 0 spiro atoms. The molecule has 1 amide bonds. The number of rotatable bonds is 10. The molecule has 1 aromatic heterocycles. The van der Waals surface area contributed by atoms with Crippen LogP contribution in [0.3, 0.4) is 0 Å². The fourth-order valence-electron chi connectivity index (χ4n) is 4.39. The number of hydrogen-bond donors (Lipinski definition) is 3. The van der Waals surface area contributed by atoms with Gasteiger partial charge in [0.1, 0.15) is 11.7 Å². The molecule has 3 N–H and O–H groups in total. The smallest absolute Gasteiger partial charge is 0.407 e. The number of halogens is 1. The van der Waals surface area contributed by atoms with E-state index in [0.29, 0.717) is 11.3 Å². The molecule has 0 aliphatic carbocycles. The van der Waals surface area contributed by atoms with Crippen LogP contribution in [0.4, 0.5) is 10.7 Å². The number of ether oxygens (including phenoxy) is 2. The van der Waals surface area contributed by atoms with E-state index in [2.05, 4.69) is 35.9 Å². The fourth-order valence-corrected chi connectivity index (χ4v) is 5.65. The topological polar surface area (TPSA) is 157 Å². The number of hydrogen-bond acceptors (Lipinski definition) is 8. The molecule has 4 rings (SSSR count). The third kappa shape index (κ3) is 9.02. The highest BCUT2D eigenvalue weighted by molar-refractivity contribution is 9.10. The van der Waals surface area contributed by atoms with E-state index in [4.69, 9.17) is 9.47 Å². The number of nitrogens with one attached hydrogen (secondary N) is 2. The Morgan fingerprint density at radius 1 is 0.956 bits per heavy atom. The number of amides is 1. The van der Waals surface area contributed by atoms with Crippen LogP contribution in [-0.2, 0) is 14.8 Å². The predicted octanol–water partition coefficient (Wildman–Crippen LogP) is 6.67. The Morgan fingerprint density at radius 3 is 2.22 bits per heavy atom. The molecular weight excluding hydrogens is 664 g/mol. The van der Waals surface area contributed by atoms with Gasteiger partial charge in [-0.05, 0) is 81.6 Å². The zero-order valence-electron chi connectivity index (χ0n) is 25.3. The molecule has 1 heterocycles. The second kappa shape index (κ2) is 13.7. The van der Waals surface area contributed by atoms with Crippen LogP contribution in [0.1, 0.15) is 53.9 Å². The molecule has 11 nitrogen and oxygen atoms in total. The Hall–Kier alpha value is -4.49. The maximum absolute atomic E-state index is 13.3. The zero-order valence-corrected chi connectivity index (χ0v) is 27.7. The van der Waals surface area contributed by atoms with Crippen molar-refractivity contribution in [2.24, 2.45) is 0 Å². The summed E-state index contributed by atoms with van der Waals surface area (Å²) in [7, 11) is -4.30. The number of alkyl carbamates (subject to hydrolysis) is 1. The summed E-state index contributed by atoms with van der Waals surface area (Å²) in [4.78, 5) is 32.5. The van der Waals surface area contributed by atoms with Crippen LogP contribution in [0, 0.1) is 13.8 Å². The van der Waals surface area contributed by atoms with Crippen molar-refractivity contribution >= 4 is 44.0 Å². The first-order valence-electron chi connectivity index (χ1n) is 13.8. The molecule has 4 aromatic rings. The summed E-state index contributed by atoms with van der Waals surface area (Å²) in [6, 6.07) is 19.5. The minimum Gasteiger partial charge on any atom is -0.478 e. The Morgan fingerprint density at radius 2 is 1.60 bits per heavy atom. The first-order valence-corrected chi connectivity index (χ1v) is 16.1. The molecule has 0 saturated carbocycles. The maximum Gasteiger partial charge on any atom is 0.407 e. The van der Waals surface area contributed by atoms with Gasteiger partial charge in [-0.1, -0.05) is 52.3 Å². The summed E-state index contributed by atoms with van der Waals surface area (Å²) >= 11 is 3.43. The van der Waals surface area contributed by atoms with E-state index in [-0.39, 0.29) is 28.8 Å². The number of anilines is 1. The monoisotopic (exact) mass is 696 g/mol. The molecule has 0 aliphatic rings. The summed E-state index contributed by atoms with van der Waals surface area (Å²) in [5, 5.41) is 12.1. The lowest BCUT2D eigenvalue weighted by molar-refractivity contribution is 0.0498.